The summed E-state index contributed by atoms with van der Waals surface area (Å²) in [4.78, 5) is 4.18. The molecule has 0 aliphatic rings. The van der Waals surface area contributed by atoms with E-state index in [0.29, 0.717) is 11.5 Å². The molecule has 1 heterocycles. The van der Waals surface area contributed by atoms with Crippen molar-refractivity contribution in [2.24, 2.45) is 0 Å². The van der Waals surface area contributed by atoms with Gasteiger partial charge in [0, 0.05) is 17.5 Å². The molecule has 12 heavy (non-hydrogen) atoms. The first-order valence-corrected chi connectivity index (χ1v) is 3.95. The van der Waals surface area contributed by atoms with Crippen LogP contribution in [0.3, 0.4) is 0 Å². The fraction of sp³-hybridized carbons (Fsp3) is 0.300. The first kappa shape index (κ1) is 8.78. The Labute approximate surface area is 72.6 Å². The van der Waals surface area contributed by atoms with Crippen molar-refractivity contribution in [2.45, 2.75) is 19.8 Å². The van der Waals surface area contributed by atoms with E-state index in [-0.39, 0.29) is 5.76 Å². The normalized spacial score (nSPS) is 10.2. The summed E-state index contributed by atoms with van der Waals surface area (Å²) in [5.74, 6) is 0.490. The molecule has 0 atom stereocenters. The fourth-order valence-corrected chi connectivity index (χ4v) is 0.918. The second-order valence-corrected chi connectivity index (χ2v) is 3.07. The van der Waals surface area contributed by atoms with Gasteiger partial charge in [0.25, 0.3) is 0 Å². The minimum absolute atomic E-state index is 0.0674. The van der Waals surface area contributed by atoms with Crippen molar-refractivity contribution in [2.75, 3.05) is 0 Å². The van der Waals surface area contributed by atoms with E-state index in [2.05, 4.69) is 25.4 Å². The minimum Gasteiger partial charge on any atom is -0.508 e. The summed E-state index contributed by atoms with van der Waals surface area (Å²) in [6.07, 6.45) is 1.64. The number of hydrogen-bond donors (Lipinski definition) is 1. The Morgan fingerprint density at radius 2 is 2.17 bits per heavy atom. The molecule has 1 aromatic rings. The summed E-state index contributed by atoms with van der Waals surface area (Å²) in [6.45, 7) is 7.57. The van der Waals surface area contributed by atoms with Crippen LogP contribution in [0.15, 0.2) is 24.9 Å². The number of nitrogens with zero attached hydrogens (tertiary/aromatic N) is 1. The molecule has 0 aliphatic carbocycles. The number of hydrogen-bond acceptors (Lipinski definition) is 2. The first-order chi connectivity index (χ1) is 5.61. The van der Waals surface area contributed by atoms with Crippen LogP contribution in [-0.4, -0.2) is 10.1 Å². The molecular weight excluding hydrogens is 150 g/mol. The quantitative estimate of drug-likeness (QED) is 0.680. The highest BCUT2D eigenvalue weighted by Gasteiger charge is 2.00. The van der Waals surface area contributed by atoms with Crippen molar-refractivity contribution >= 4 is 5.76 Å². The monoisotopic (exact) mass is 163 g/mol. The summed E-state index contributed by atoms with van der Waals surface area (Å²) in [5.41, 5.74) is 1.71. The third-order valence-corrected chi connectivity index (χ3v) is 1.71. The zero-order valence-corrected chi connectivity index (χ0v) is 7.41. The molecule has 0 spiro atoms. The standard InChI is InChI=1S/C10H13NO/c1-7(2)10-5-4-9(6-11-10)8(3)12/h4-7,12H,3H2,1-2H3. The van der Waals surface area contributed by atoms with Crippen molar-refractivity contribution in [3.63, 3.8) is 0 Å². The molecule has 0 fully saturated rings. The minimum atomic E-state index is 0.0674. The smallest absolute Gasteiger partial charge is 0.117 e. The molecule has 0 saturated heterocycles. The van der Waals surface area contributed by atoms with Gasteiger partial charge in [-0.15, -0.1) is 0 Å². The van der Waals surface area contributed by atoms with Crippen LogP contribution in [-0.2, 0) is 0 Å². The highest BCUT2D eigenvalue weighted by molar-refractivity contribution is 5.54. The van der Waals surface area contributed by atoms with Crippen LogP contribution in [0.25, 0.3) is 5.76 Å². The van der Waals surface area contributed by atoms with E-state index in [1.165, 1.54) is 0 Å². The molecule has 0 unspecified atom stereocenters. The van der Waals surface area contributed by atoms with Crippen LogP contribution in [0.4, 0.5) is 0 Å². The van der Waals surface area contributed by atoms with E-state index < -0.39 is 0 Å². The SMILES string of the molecule is C=C(O)c1ccc(C(C)C)nc1. The van der Waals surface area contributed by atoms with Crippen LogP contribution in [0, 0.1) is 0 Å². The average molecular weight is 163 g/mol. The average Bonchev–Trinajstić information content (AvgIpc) is 2.04. The third kappa shape index (κ3) is 1.84. The second-order valence-electron chi connectivity index (χ2n) is 3.07. The molecular formula is C10H13NO. The number of pyridine rings is 1. The molecule has 1 N–H and O–H groups in total. The van der Waals surface area contributed by atoms with Crippen LogP contribution < -0.4 is 0 Å². The second kappa shape index (κ2) is 3.39. The summed E-state index contributed by atoms with van der Waals surface area (Å²) in [6, 6.07) is 3.73. The van der Waals surface area contributed by atoms with Crippen molar-refractivity contribution in [1.82, 2.24) is 4.98 Å². The van der Waals surface area contributed by atoms with E-state index >= 15 is 0 Å². The van der Waals surface area contributed by atoms with Crippen LogP contribution in [0.5, 0.6) is 0 Å². The van der Waals surface area contributed by atoms with Gasteiger partial charge >= 0.3 is 0 Å². The molecule has 1 rings (SSSR count). The lowest BCUT2D eigenvalue weighted by Crippen LogP contribution is -1.92. The van der Waals surface area contributed by atoms with Crippen LogP contribution in [0.2, 0.25) is 0 Å². The Morgan fingerprint density at radius 1 is 1.50 bits per heavy atom. The number of rotatable bonds is 2. The molecule has 2 nitrogen and oxygen atoms in total. The van der Waals surface area contributed by atoms with E-state index in [9.17, 15) is 0 Å². The highest BCUT2D eigenvalue weighted by atomic mass is 16.3. The molecule has 0 bridgehead atoms. The lowest BCUT2D eigenvalue weighted by atomic mass is 10.1. The Bertz CT molecular complexity index is 274. The predicted molar refractivity (Wildman–Crippen MR) is 50.0 cm³/mol. The Morgan fingerprint density at radius 3 is 2.50 bits per heavy atom. The zero-order chi connectivity index (χ0) is 9.14. The molecule has 0 amide bonds. The van der Waals surface area contributed by atoms with Crippen LogP contribution >= 0.6 is 0 Å². The molecule has 0 aromatic carbocycles. The van der Waals surface area contributed by atoms with E-state index in [4.69, 9.17) is 5.11 Å². The molecule has 2 heteroatoms. The van der Waals surface area contributed by atoms with Crippen LogP contribution in [0.1, 0.15) is 31.0 Å². The van der Waals surface area contributed by atoms with E-state index in [1.54, 1.807) is 6.20 Å². The maximum Gasteiger partial charge on any atom is 0.117 e. The van der Waals surface area contributed by atoms with Gasteiger partial charge in [-0.05, 0) is 18.1 Å². The maximum atomic E-state index is 9.02. The number of aromatic nitrogens is 1. The van der Waals surface area contributed by atoms with Crippen molar-refractivity contribution < 1.29 is 5.11 Å². The largest absolute Gasteiger partial charge is 0.508 e. The molecule has 0 aliphatic heterocycles. The van der Waals surface area contributed by atoms with Gasteiger partial charge in [0.2, 0.25) is 0 Å². The molecule has 1 aromatic heterocycles. The van der Waals surface area contributed by atoms with Crippen molar-refractivity contribution in [3.8, 4) is 0 Å². The Balaban J connectivity index is 2.93. The number of aliphatic hydroxyl groups excluding tert-OH is 1. The Hall–Kier alpha value is -1.31. The first-order valence-electron chi connectivity index (χ1n) is 3.95. The highest BCUT2D eigenvalue weighted by Crippen LogP contribution is 2.13. The van der Waals surface area contributed by atoms with E-state index in [0.717, 1.165) is 5.69 Å². The summed E-state index contributed by atoms with van der Waals surface area (Å²) in [5, 5.41) is 9.02. The number of aliphatic hydroxyl groups is 1. The van der Waals surface area contributed by atoms with Gasteiger partial charge in [-0.3, -0.25) is 4.98 Å². The van der Waals surface area contributed by atoms with Gasteiger partial charge in [0.1, 0.15) is 5.76 Å². The fourth-order valence-electron chi connectivity index (χ4n) is 0.918. The maximum absolute atomic E-state index is 9.02. The third-order valence-electron chi connectivity index (χ3n) is 1.71. The van der Waals surface area contributed by atoms with Crippen molar-refractivity contribution in [1.29, 1.82) is 0 Å². The van der Waals surface area contributed by atoms with Gasteiger partial charge < -0.3 is 5.11 Å². The van der Waals surface area contributed by atoms with Gasteiger partial charge in [-0.25, -0.2) is 0 Å². The van der Waals surface area contributed by atoms with Crippen molar-refractivity contribution in [3.05, 3.63) is 36.2 Å². The summed E-state index contributed by atoms with van der Waals surface area (Å²) >= 11 is 0. The van der Waals surface area contributed by atoms with Gasteiger partial charge in [-0.1, -0.05) is 20.4 Å². The Kier molecular flexibility index (Phi) is 2.48. The van der Waals surface area contributed by atoms with E-state index in [1.807, 2.05) is 12.1 Å². The van der Waals surface area contributed by atoms with Gasteiger partial charge in [0.05, 0.1) is 0 Å². The van der Waals surface area contributed by atoms with Gasteiger partial charge in [0.15, 0.2) is 0 Å². The lowest BCUT2D eigenvalue weighted by Gasteiger charge is -2.04. The molecule has 64 valence electrons. The van der Waals surface area contributed by atoms with Gasteiger partial charge in [-0.2, -0.15) is 0 Å². The lowest BCUT2D eigenvalue weighted by molar-refractivity contribution is 0.513. The predicted octanol–water partition coefficient (Wildman–Crippen LogP) is 2.73. The zero-order valence-electron chi connectivity index (χ0n) is 7.41. The topological polar surface area (TPSA) is 33.1 Å². The molecule has 0 saturated carbocycles. The molecule has 0 radical (unpaired) electrons. The summed E-state index contributed by atoms with van der Waals surface area (Å²) in [7, 11) is 0. The summed E-state index contributed by atoms with van der Waals surface area (Å²) < 4.78 is 0.